The van der Waals surface area contributed by atoms with Crippen molar-refractivity contribution in [2.45, 2.75) is 46.0 Å². The summed E-state index contributed by atoms with van der Waals surface area (Å²) < 4.78 is 15.1. The smallest absolute Gasteiger partial charge is 0.303 e. The van der Waals surface area contributed by atoms with Crippen LogP contribution < -0.4 is 47.9 Å². The molecule has 9 amide bonds. The van der Waals surface area contributed by atoms with Gasteiger partial charge in [0.25, 0.3) is 53.2 Å². The maximum absolute atomic E-state index is 14.8. The van der Waals surface area contributed by atoms with E-state index in [4.69, 9.17) is 14.2 Å². The zero-order valence-electron chi connectivity index (χ0n) is 46.4. The van der Waals surface area contributed by atoms with Crippen molar-refractivity contribution in [1.82, 2.24) is 31.9 Å². The molecule has 3 atom stereocenters. The highest BCUT2D eigenvalue weighted by molar-refractivity contribution is 14.1. The van der Waals surface area contributed by atoms with Gasteiger partial charge in [-0.2, -0.15) is 0 Å². The number of hydrogen-bond acceptors (Lipinski definition) is 21. The SMILES string of the molecule is CC(=O)OCC(=O)Nc1c(I)c(C(=O)NCC(O)CO)c(I)c(C(=O)NCC(C)(CNC(=O)c2c(I)c(NC(=O)COC(C)=O)c(I)c(C(=O)NCC(O)CO)c2I)CNC(=O)c2c(I)c(NC(=O)COC(C)=O)c(I)c(C(=O)NCC(O)CO)c2I)c1I. The Labute approximate surface area is 629 Å². The quantitative estimate of drug-likeness (QED) is 0.0255. The van der Waals surface area contributed by atoms with Crippen LogP contribution in [0.3, 0.4) is 0 Å². The zero-order chi connectivity index (χ0) is 67.5. The molecule has 3 rings (SSSR count). The molecule has 15 N–H and O–H groups in total. The summed E-state index contributed by atoms with van der Waals surface area (Å²) in [6, 6.07) is 0. The van der Waals surface area contributed by atoms with Crippen LogP contribution in [-0.4, -0.2) is 199 Å². The minimum absolute atomic E-state index is 0.0137. The number of halogens is 9. The first-order valence-electron chi connectivity index (χ1n) is 25.0. The average molecular weight is 2260 g/mol. The Bertz CT molecular complexity index is 2970. The molecule has 0 spiro atoms. The van der Waals surface area contributed by atoms with E-state index in [1.54, 1.807) is 203 Å². The first kappa shape index (κ1) is 80.9. The van der Waals surface area contributed by atoms with E-state index < -0.39 is 174 Å². The lowest BCUT2D eigenvalue weighted by Gasteiger charge is -2.31. The molecular formula is C50H54I9N9O21. The van der Waals surface area contributed by atoms with Crippen LogP contribution in [0.15, 0.2) is 0 Å². The molecule has 3 unspecified atom stereocenters. The van der Waals surface area contributed by atoms with Gasteiger partial charge in [-0.05, 0) is 203 Å². The fraction of sp³-hybridized carbons (Fsp3) is 0.400. The fourth-order valence-electron chi connectivity index (χ4n) is 6.97. The highest BCUT2D eigenvalue weighted by atomic mass is 127. The lowest BCUT2D eigenvalue weighted by atomic mass is 9.89. The summed E-state index contributed by atoms with van der Waals surface area (Å²) in [4.78, 5) is 160. The number of benzene rings is 3. The second-order valence-corrected chi connectivity index (χ2v) is 28.4. The molecule has 89 heavy (non-hydrogen) atoms. The van der Waals surface area contributed by atoms with Crippen LogP contribution in [0.1, 0.15) is 89.8 Å². The van der Waals surface area contributed by atoms with Crippen molar-refractivity contribution in [2.75, 3.05) is 94.9 Å². The standard InChI is InChI=1S/C50H54I9N9O21/c1-17(72)87-11-23(78)66-41-35(54)26(44(81)60-5-20(75)8-69)32(51)29(38(41)57)47(84)63-14-50(4,15-64-48(85)30-33(52)27(45(82)61-6-21(76)9-70)36(55)42(39(30)58)67-24(79)12-88-18(2)73)16-65-49(86)31-34(53)28(46(83)62-7-22(77)10-71)37(56)43(40(31)59)68-25(80)13-89-19(3)74/h20-22,69-71,75-77H,5-16H2,1-4H3,(H,60,81)(H,61,82)(H,62,83)(H,63,84)(H,64,85)(H,65,86)(H,66,78)(H,67,79)(H,68,80). The van der Waals surface area contributed by atoms with Gasteiger partial charge in [0.2, 0.25) is 0 Å². The van der Waals surface area contributed by atoms with Crippen molar-refractivity contribution in [3.05, 3.63) is 65.5 Å². The number of rotatable bonds is 30. The normalized spacial score (nSPS) is 12.6. The summed E-state index contributed by atoms with van der Waals surface area (Å²) in [5.74, 6) is -10.3. The molecule has 0 aromatic heterocycles. The molecule has 3 aromatic rings. The zero-order valence-corrected chi connectivity index (χ0v) is 65.8. The van der Waals surface area contributed by atoms with E-state index in [1.165, 1.54) is 6.92 Å². The van der Waals surface area contributed by atoms with E-state index in [1.807, 2.05) is 0 Å². The minimum Gasteiger partial charge on any atom is -0.456 e. The number of esters is 3. The van der Waals surface area contributed by atoms with E-state index in [-0.39, 0.29) is 82.6 Å². The van der Waals surface area contributed by atoms with E-state index in [2.05, 4.69) is 47.9 Å². The van der Waals surface area contributed by atoms with Gasteiger partial charge in [0.05, 0.1) is 110 Å². The molecule has 3 aromatic carbocycles. The summed E-state index contributed by atoms with van der Waals surface area (Å²) in [6.45, 7) is -2.52. The minimum atomic E-state index is -1.55. The second-order valence-electron chi connectivity index (χ2n) is 18.7. The van der Waals surface area contributed by atoms with Crippen LogP contribution in [0.2, 0.25) is 0 Å². The van der Waals surface area contributed by atoms with Gasteiger partial charge in [0, 0.05) is 76.2 Å². The van der Waals surface area contributed by atoms with Gasteiger partial charge in [-0.1, -0.05) is 6.92 Å². The van der Waals surface area contributed by atoms with Crippen molar-refractivity contribution < 1.29 is 102 Å². The third-order valence-corrected chi connectivity index (χ3v) is 21.2. The van der Waals surface area contributed by atoms with Crippen molar-refractivity contribution in [3.8, 4) is 0 Å². The van der Waals surface area contributed by atoms with Gasteiger partial charge in [0.1, 0.15) is 0 Å². The van der Waals surface area contributed by atoms with Gasteiger partial charge in [0.15, 0.2) is 19.8 Å². The third kappa shape index (κ3) is 23.5. The predicted molar refractivity (Wildman–Crippen MR) is 391 cm³/mol. The van der Waals surface area contributed by atoms with E-state index >= 15 is 0 Å². The van der Waals surface area contributed by atoms with Gasteiger partial charge >= 0.3 is 17.9 Å². The summed E-state index contributed by atoms with van der Waals surface area (Å²) >= 11 is 15.7. The second kappa shape index (κ2) is 38.2. The molecule has 0 fully saturated rings. The van der Waals surface area contributed by atoms with Gasteiger partial charge in [-0.15, -0.1) is 0 Å². The third-order valence-electron chi connectivity index (χ3n) is 11.5. The Hall–Kier alpha value is -2.37. The molecule has 0 heterocycles. The lowest BCUT2D eigenvalue weighted by Crippen LogP contribution is -2.50. The highest BCUT2D eigenvalue weighted by Gasteiger charge is 2.36. The highest BCUT2D eigenvalue weighted by Crippen LogP contribution is 2.39. The number of ether oxygens (including phenoxy) is 3. The molecule has 39 heteroatoms. The number of carbonyl (C=O) groups excluding carboxylic acids is 12. The number of amides is 9. The first-order chi connectivity index (χ1) is 41.6. The first-order valence-corrected chi connectivity index (χ1v) is 34.8. The summed E-state index contributed by atoms with van der Waals surface area (Å²) in [6.07, 6.45) is -4.17. The molecule has 0 aliphatic heterocycles. The van der Waals surface area contributed by atoms with Crippen LogP contribution in [0.4, 0.5) is 17.1 Å². The maximum atomic E-state index is 14.8. The Kier molecular flexibility index (Phi) is 34.8. The number of nitrogens with one attached hydrogen (secondary N) is 9. The number of anilines is 3. The monoisotopic (exact) mass is 2260 g/mol. The van der Waals surface area contributed by atoms with E-state index in [9.17, 15) is 88.2 Å². The number of hydrogen-bond donors (Lipinski definition) is 15. The molecule has 0 bridgehead atoms. The van der Waals surface area contributed by atoms with Gasteiger partial charge < -0.3 is 92.7 Å². The van der Waals surface area contributed by atoms with Gasteiger partial charge in [-0.3, -0.25) is 57.5 Å². The Morgan fingerprint density at radius 3 is 0.730 bits per heavy atom. The maximum Gasteiger partial charge on any atom is 0.303 e. The molecular weight excluding hydrogens is 2200 g/mol. The molecule has 0 radical (unpaired) electrons. The number of carbonyl (C=O) groups is 12. The number of aliphatic hydroxyl groups is 6. The van der Waals surface area contributed by atoms with Crippen molar-refractivity contribution in [3.63, 3.8) is 0 Å². The number of aliphatic hydroxyl groups excluding tert-OH is 6. The van der Waals surface area contributed by atoms with Crippen molar-refractivity contribution in [2.24, 2.45) is 5.41 Å². The van der Waals surface area contributed by atoms with E-state index in [0.29, 0.717) is 0 Å². The molecule has 0 saturated heterocycles. The summed E-state index contributed by atoms with van der Waals surface area (Å²) in [5, 5.41) is 82.0. The van der Waals surface area contributed by atoms with Crippen molar-refractivity contribution >= 4 is 291 Å². The molecule has 488 valence electrons. The van der Waals surface area contributed by atoms with Gasteiger partial charge in [-0.25, -0.2) is 0 Å². The Morgan fingerprint density at radius 1 is 0.360 bits per heavy atom. The van der Waals surface area contributed by atoms with Crippen LogP contribution in [0.25, 0.3) is 0 Å². The largest absolute Gasteiger partial charge is 0.456 e. The predicted octanol–water partition coefficient (Wildman–Crippen LogP) is 1.48. The fourth-order valence-corrected chi connectivity index (χ4v) is 20.2. The van der Waals surface area contributed by atoms with Crippen LogP contribution in [0.5, 0.6) is 0 Å². The van der Waals surface area contributed by atoms with Crippen LogP contribution in [-0.2, 0) is 43.0 Å². The lowest BCUT2D eigenvalue weighted by molar-refractivity contribution is -0.145. The molecule has 30 nitrogen and oxygen atoms in total. The Balaban J connectivity index is 2.36. The van der Waals surface area contributed by atoms with Crippen molar-refractivity contribution in [1.29, 1.82) is 0 Å². The summed E-state index contributed by atoms with van der Waals surface area (Å²) in [5.41, 5.74) is -2.91. The Morgan fingerprint density at radius 2 is 0.551 bits per heavy atom. The topological polar surface area (TPSA) is 462 Å². The molecule has 0 aliphatic carbocycles. The van der Waals surface area contributed by atoms with E-state index in [0.717, 1.165) is 20.8 Å². The van der Waals surface area contributed by atoms with Crippen LogP contribution >= 0.6 is 203 Å². The van der Waals surface area contributed by atoms with Crippen LogP contribution in [0, 0.1) is 37.5 Å². The molecule has 0 saturated carbocycles. The average Bonchev–Trinajstić information content (AvgIpc) is 1.00. The molecule has 0 aliphatic rings. The summed E-state index contributed by atoms with van der Waals surface area (Å²) in [7, 11) is 0.